The molecule has 1 N–H and O–H groups in total. The van der Waals surface area contributed by atoms with Crippen molar-refractivity contribution in [2.24, 2.45) is 0 Å². The predicted molar refractivity (Wildman–Crippen MR) is 133 cm³/mol. The number of rotatable bonds is 7. The summed E-state index contributed by atoms with van der Waals surface area (Å²) in [5.41, 5.74) is 0.541. The Kier molecular flexibility index (Phi) is 7.01. The maximum atomic E-state index is 15.5. The summed E-state index contributed by atoms with van der Waals surface area (Å²) in [6, 6.07) is 1.25. The molecule has 1 saturated heterocycles. The lowest BCUT2D eigenvalue weighted by molar-refractivity contribution is 0.0123. The lowest BCUT2D eigenvalue weighted by Crippen LogP contribution is -2.46. The van der Waals surface area contributed by atoms with Crippen LogP contribution in [0.3, 0.4) is 0 Å². The van der Waals surface area contributed by atoms with Crippen LogP contribution in [0.5, 0.6) is 0 Å². The highest BCUT2D eigenvalue weighted by Gasteiger charge is 2.36. The number of aryl methyl sites for hydroxylation is 1. The zero-order chi connectivity index (χ0) is 26.4. The molecule has 1 atom stereocenters. The van der Waals surface area contributed by atoms with Crippen molar-refractivity contribution in [3.63, 3.8) is 0 Å². The summed E-state index contributed by atoms with van der Waals surface area (Å²) in [4.78, 5) is 41.0. The topological polar surface area (TPSA) is 101 Å². The second-order valence-corrected chi connectivity index (χ2v) is 10.6. The number of ether oxygens (including phenoxy) is 2. The Labute approximate surface area is 209 Å². The van der Waals surface area contributed by atoms with E-state index in [1.54, 1.807) is 18.9 Å². The van der Waals surface area contributed by atoms with Crippen LogP contribution >= 0.6 is 0 Å². The van der Waals surface area contributed by atoms with Crippen LogP contribution in [0.2, 0.25) is 0 Å². The number of nitrogens with zero attached hydrogens (tertiary/aromatic N) is 3. The molecule has 36 heavy (non-hydrogen) atoms. The fourth-order valence-electron chi connectivity index (χ4n) is 5.02. The largest absolute Gasteiger partial charge is 0.477 e. The number of carbonyl (C=O) groups excluding carboxylic acids is 1. The number of halogens is 1. The molecule has 1 saturated carbocycles. The Morgan fingerprint density at radius 3 is 2.53 bits per heavy atom. The van der Waals surface area contributed by atoms with Crippen molar-refractivity contribution in [3.05, 3.63) is 45.1 Å². The Bertz CT molecular complexity index is 1250. The first-order chi connectivity index (χ1) is 16.9. The van der Waals surface area contributed by atoms with Crippen molar-refractivity contribution in [3.8, 4) is 0 Å². The number of hydrogen-bond acceptors (Lipinski definition) is 6. The third-order valence-corrected chi connectivity index (χ3v) is 6.77. The average molecular weight is 504 g/mol. The molecular formula is C26H34FN3O6. The summed E-state index contributed by atoms with van der Waals surface area (Å²) < 4.78 is 27.5. The highest BCUT2D eigenvalue weighted by atomic mass is 19.1. The number of anilines is 1. The molecule has 0 bridgehead atoms. The van der Waals surface area contributed by atoms with E-state index >= 15 is 4.39 Å². The van der Waals surface area contributed by atoms with E-state index in [1.165, 1.54) is 6.07 Å². The van der Waals surface area contributed by atoms with Gasteiger partial charge in [0.05, 0.1) is 30.0 Å². The maximum absolute atomic E-state index is 15.5. The van der Waals surface area contributed by atoms with E-state index in [9.17, 15) is 19.5 Å². The van der Waals surface area contributed by atoms with Crippen LogP contribution < -0.4 is 10.5 Å². The summed E-state index contributed by atoms with van der Waals surface area (Å²) in [5.74, 6) is -1.77. The van der Waals surface area contributed by atoms with E-state index in [-0.39, 0.29) is 17.5 Å². The zero-order valence-electron chi connectivity index (χ0n) is 21.5. The Morgan fingerprint density at radius 2 is 1.94 bits per heavy atom. The molecule has 0 unspecified atom stereocenters. The van der Waals surface area contributed by atoms with E-state index in [0.29, 0.717) is 49.4 Å². The molecule has 3 heterocycles. The zero-order valence-corrected chi connectivity index (χ0v) is 21.5. The molecule has 4 rings (SSSR count). The summed E-state index contributed by atoms with van der Waals surface area (Å²) in [6.07, 6.45) is 3.07. The summed E-state index contributed by atoms with van der Waals surface area (Å²) in [5, 5.41) is 9.51. The van der Waals surface area contributed by atoms with Gasteiger partial charge in [-0.25, -0.2) is 14.0 Å². The average Bonchev–Trinajstić information content (AvgIpc) is 3.51. The minimum atomic E-state index is -1.32. The van der Waals surface area contributed by atoms with Gasteiger partial charge in [-0.1, -0.05) is 0 Å². The first kappa shape index (κ1) is 25.9. The number of pyridine rings is 2. The van der Waals surface area contributed by atoms with Gasteiger partial charge >= 0.3 is 12.1 Å². The second kappa shape index (κ2) is 9.72. The monoisotopic (exact) mass is 503 g/mol. The molecule has 2 aromatic rings. The van der Waals surface area contributed by atoms with Crippen molar-refractivity contribution in [1.82, 2.24) is 9.30 Å². The van der Waals surface area contributed by atoms with E-state index in [0.717, 1.165) is 29.0 Å². The molecule has 196 valence electrons. The molecular weight excluding hydrogens is 469 g/mol. The lowest BCUT2D eigenvalue weighted by Gasteiger charge is -2.32. The number of aromatic carboxylic acids is 1. The standard InChI is InChI=1S/C26H34FN3O6/c1-15-21-18(16-6-7-16)12-19(24(32)33)23(31)30(21)14-20(27)22(15)28-9-8-17(13-28)29(10-11-35-5)25(34)36-26(2,3)4/h12,14,16-17H,6-11,13H2,1-5H3,(H,32,33)/t17-/m0/s1. The van der Waals surface area contributed by atoms with Crippen LogP contribution in [0.4, 0.5) is 14.9 Å². The van der Waals surface area contributed by atoms with Crippen LogP contribution in [-0.2, 0) is 9.47 Å². The van der Waals surface area contributed by atoms with Gasteiger partial charge in [-0.2, -0.15) is 0 Å². The van der Waals surface area contributed by atoms with Crippen LogP contribution in [0, 0.1) is 12.7 Å². The molecule has 0 aromatic carbocycles. The minimum Gasteiger partial charge on any atom is -0.477 e. The predicted octanol–water partition coefficient (Wildman–Crippen LogP) is 3.78. The van der Waals surface area contributed by atoms with Gasteiger partial charge in [-0.15, -0.1) is 0 Å². The number of aromatic nitrogens is 1. The van der Waals surface area contributed by atoms with Crippen molar-refractivity contribution in [2.75, 3.05) is 38.3 Å². The lowest BCUT2D eigenvalue weighted by atomic mass is 10.0. The summed E-state index contributed by atoms with van der Waals surface area (Å²) in [7, 11) is 1.57. The smallest absolute Gasteiger partial charge is 0.410 e. The molecule has 1 amide bonds. The third kappa shape index (κ3) is 5.04. The number of hydrogen-bond donors (Lipinski definition) is 1. The highest BCUT2D eigenvalue weighted by molar-refractivity contribution is 5.89. The SMILES string of the molecule is COCCN(C(=O)OC(C)(C)C)[C@H]1CCN(c2c(F)cn3c(=O)c(C(=O)O)cc(C4CC4)c3c2C)C1. The molecule has 2 fully saturated rings. The summed E-state index contributed by atoms with van der Waals surface area (Å²) >= 11 is 0. The van der Waals surface area contributed by atoms with Gasteiger partial charge in [0.2, 0.25) is 0 Å². The second-order valence-electron chi connectivity index (χ2n) is 10.6. The van der Waals surface area contributed by atoms with Gasteiger partial charge in [-0.3, -0.25) is 9.20 Å². The number of methoxy groups -OCH3 is 1. The number of carboxylic acids is 1. The fraction of sp³-hybridized carbons (Fsp3) is 0.577. The first-order valence-corrected chi connectivity index (χ1v) is 12.3. The van der Waals surface area contributed by atoms with E-state index in [2.05, 4.69) is 0 Å². The molecule has 2 aliphatic rings. The highest BCUT2D eigenvalue weighted by Crippen LogP contribution is 2.44. The molecule has 1 aliphatic carbocycles. The Balaban J connectivity index is 1.71. The van der Waals surface area contributed by atoms with Crippen molar-refractivity contribution < 1.29 is 28.6 Å². The summed E-state index contributed by atoms with van der Waals surface area (Å²) in [6.45, 7) is 8.80. The molecule has 0 spiro atoms. The van der Waals surface area contributed by atoms with Crippen molar-refractivity contribution >= 4 is 23.3 Å². The van der Waals surface area contributed by atoms with Gasteiger partial charge in [0.15, 0.2) is 5.82 Å². The minimum absolute atomic E-state index is 0.152. The third-order valence-electron chi connectivity index (χ3n) is 6.77. The Morgan fingerprint density at radius 1 is 1.25 bits per heavy atom. The van der Waals surface area contributed by atoms with E-state index in [1.807, 2.05) is 25.7 Å². The Hall–Kier alpha value is -3.14. The normalized spacial score (nSPS) is 18.1. The van der Waals surface area contributed by atoms with Crippen molar-refractivity contribution in [2.45, 2.75) is 64.5 Å². The van der Waals surface area contributed by atoms with Gasteiger partial charge in [0.1, 0.15) is 11.2 Å². The van der Waals surface area contributed by atoms with Crippen LogP contribution in [-0.4, -0.2) is 71.5 Å². The molecule has 1 aliphatic heterocycles. The van der Waals surface area contributed by atoms with Gasteiger partial charge in [0.25, 0.3) is 5.56 Å². The number of carbonyl (C=O) groups is 2. The fourth-order valence-corrected chi connectivity index (χ4v) is 5.02. The van der Waals surface area contributed by atoms with Crippen molar-refractivity contribution in [1.29, 1.82) is 0 Å². The van der Waals surface area contributed by atoms with E-state index < -0.39 is 29.0 Å². The quantitative estimate of drug-likeness (QED) is 0.614. The molecule has 10 heteroatoms. The van der Waals surface area contributed by atoms with E-state index in [4.69, 9.17) is 9.47 Å². The van der Waals surface area contributed by atoms with Gasteiger partial charge in [0, 0.05) is 26.7 Å². The molecule has 9 nitrogen and oxygen atoms in total. The van der Waals surface area contributed by atoms with Gasteiger partial charge in [-0.05, 0) is 70.1 Å². The van der Waals surface area contributed by atoms with Crippen LogP contribution in [0.1, 0.15) is 67.4 Å². The maximum Gasteiger partial charge on any atom is 0.410 e. The van der Waals surface area contributed by atoms with Crippen LogP contribution in [0.25, 0.3) is 5.52 Å². The molecule has 2 aromatic heterocycles. The molecule has 0 radical (unpaired) electrons. The van der Waals surface area contributed by atoms with Crippen LogP contribution in [0.15, 0.2) is 17.1 Å². The first-order valence-electron chi connectivity index (χ1n) is 12.3. The number of amides is 1. The van der Waals surface area contributed by atoms with Gasteiger partial charge < -0.3 is 24.4 Å². The number of fused-ring (bicyclic) bond motifs is 1. The number of carboxylic acid groups (broad SMARTS) is 1.